The van der Waals surface area contributed by atoms with Gasteiger partial charge in [-0.3, -0.25) is 4.79 Å². The number of likely N-dealkylation sites (tertiary alicyclic amines) is 1. The van der Waals surface area contributed by atoms with Crippen molar-refractivity contribution in [3.8, 4) is 0 Å². The molecule has 0 saturated carbocycles. The zero-order valence-corrected chi connectivity index (χ0v) is 14.2. The van der Waals surface area contributed by atoms with Gasteiger partial charge in [0.05, 0.1) is 10.9 Å². The van der Waals surface area contributed by atoms with Crippen molar-refractivity contribution in [3.63, 3.8) is 0 Å². The van der Waals surface area contributed by atoms with E-state index in [0.29, 0.717) is 6.54 Å². The topological polar surface area (TPSA) is 66.5 Å². The molecule has 1 heterocycles. The maximum Gasteiger partial charge on any atom is 0.241 e. The predicted octanol–water partition coefficient (Wildman–Crippen LogP) is 2.06. The fourth-order valence-corrected chi connectivity index (χ4v) is 4.11. The lowest BCUT2D eigenvalue weighted by Gasteiger charge is -2.35. The zero-order chi connectivity index (χ0) is 16.3. The van der Waals surface area contributed by atoms with Gasteiger partial charge in [0.2, 0.25) is 15.9 Å². The van der Waals surface area contributed by atoms with E-state index in [9.17, 15) is 13.2 Å². The fourth-order valence-electron chi connectivity index (χ4n) is 2.81. The van der Waals surface area contributed by atoms with Crippen LogP contribution in [-0.4, -0.2) is 37.9 Å². The Labute approximate surface area is 132 Å². The molecule has 1 fully saturated rings. The van der Waals surface area contributed by atoms with Crippen LogP contribution in [0.3, 0.4) is 0 Å². The highest BCUT2D eigenvalue weighted by Crippen LogP contribution is 2.18. The monoisotopic (exact) mass is 324 g/mol. The largest absolute Gasteiger partial charge is 0.339 e. The number of hydrogen-bond acceptors (Lipinski definition) is 3. The Bertz CT molecular complexity index is 643. The van der Waals surface area contributed by atoms with Crippen LogP contribution in [0.2, 0.25) is 0 Å². The van der Waals surface area contributed by atoms with Crippen molar-refractivity contribution in [2.75, 3.05) is 6.54 Å². The molecule has 0 bridgehead atoms. The number of aryl methyl sites for hydroxylation is 1. The summed E-state index contributed by atoms with van der Waals surface area (Å²) < 4.78 is 27.3. The normalized spacial score (nSPS) is 20.7. The number of sulfonamides is 1. The third-order valence-electron chi connectivity index (χ3n) is 4.09. The molecule has 2 rings (SSSR count). The standard InChI is InChI=1S/C16H24N2O3S/c1-12-7-6-9-15(11-12)22(20,21)17-14(3)16(19)18-10-5-4-8-13(18)2/h6-7,9,11,13-14,17H,4-5,8,10H2,1-3H3/t13-,14-/m0/s1. The van der Waals surface area contributed by atoms with Gasteiger partial charge in [-0.25, -0.2) is 8.42 Å². The summed E-state index contributed by atoms with van der Waals surface area (Å²) in [5.41, 5.74) is 0.867. The molecule has 0 unspecified atom stereocenters. The number of hydrogen-bond donors (Lipinski definition) is 1. The quantitative estimate of drug-likeness (QED) is 0.922. The highest BCUT2D eigenvalue weighted by Gasteiger charge is 2.29. The lowest BCUT2D eigenvalue weighted by molar-refractivity contribution is -0.135. The lowest BCUT2D eigenvalue weighted by Crippen LogP contribution is -2.51. The summed E-state index contributed by atoms with van der Waals surface area (Å²) in [7, 11) is -3.68. The molecule has 1 aromatic rings. The summed E-state index contributed by atoms with van der Waals surface area (Å²) in [6, 6.07) is 6.09. The lowest BCUT2D eigenvalue weighted by atomic mass is 10.0. The number of rotatable bonds is 4. The van der Waals surface area contributed by atoms with E-state index in [2.05, 4.69) is 4.72 Å². The van der Waals surface area contributed by atoms with E-state index in [1.54, 1.807) is 24.0 Å². The SMILES string of the molecule is Cc1cccc(S(=O)(=O)N[C@@H](C)C(=O)N2CCCC[C@@H]2C)c1. The van der Waals surface area contributed by atoms with Crippen molar-refractivity contribution in [2.45, 2.75) is 57.0 Å². The molecule has 6 heteroatoms. The molecule has 1 aliphatic rings. The first-order chi connectivity index (χ1) is 10.3. The van der Waals surface area contributed by atoms with Gasteiger partial charge in [-0.2, -0.15) is 4.72 Å². The van der Waals surface area contributed by atoms with Gasteiger partial charge in [-0.05, 0) is 57.7 Å². The summed E-state index contributed by atoms with van der Waals surface area (Å²) in [6.07, 6.45) is 3.07. The Morgan fingerprint density at radius 3 is 2.73 bits per heavy atom. The van der Waals surface area contributed by atoms with Gasteiger partial charge in [-0.1, -0.05) is 12.1 Å². The number of nitrogens with one attached hydrogen (secondary N) is 1. The average molecular weight is 324 g/mol. The molecule has 0 aliphatic carbocycles. The molecule has 0 aromatic heterocycles. The minimum Gasteiger partial charge on any atom is -0.339 e. The number of amides is 1. The van der Waals surface area contributed by atoms with Gasteiger partial charge in [0.25, 0.3) is 0 Å². The first-order valence-corrected chi connectivity index (χ1v) is 9.19. The maximum atomic E-state index is 12.5. The molecule has 1 amide bonds. The van der Waals surface area contributed by atoms with Crippen molar-refractivity contribution < 1.29 is 13.2 Å². The maximum absolute atomic E-state index is 12.5. The fraction of sp³-hybridized carbons (Fsp3) is 0.562. The van der Waals surface area contributed by atoms with Gasteiger partial charge < -0.3 is 4.90 Å². The van der Waals surface area contributed by atoms with Gasteiger partial charge in [-0.15, -0.1) is 0 Å². The average Bonchev–Trinajstić information content (AvgIpc) is 2.46. The van der Waals surface area contributed by atoms with Crippen LogP contribution >= 0.6 is 0 Å². The molecule has 1 saturated heterocycles. The molecule has 0 radical (unpaired) electrons. The molecule has 2 atom stereocenters. The number of carbonyl (C=O) groups excluding carboxylic acids is 1. The summed E-state index contributed by atoms with van der Waals surface area (Å²) >= 11 is 0. The van der Waals surface area contributed by atoms with Crippen LogP contribution in [0.15, 0.2) is 29.2 Å². The van der Waals surface area contributed by atoms with Crippen LogP contribution in [0.25, 0.3) is 0 Å². The number of piperidine rings is 1. The summed E-state index contributed by atoms with van der Waals surface area (Å²) in [4.78, 5) is 14.5. The molecular weight excluding hydrogens is 300 g/mol. The molecular formula is C16H24N2O3S. The third kappa shape index (κ3) is 3.87. The van der Waals surface area contributed by atoms with Crippen molar-refractivity contribution in [1.82, 2.24) is 9.62 Å². The summed E-state index contributed by atoms with van der Waals surface area (Å²) in [5, 5.41) is 0. The Balaban J connectivity index is 2.10. The van der Waals surface area contributed by atoms with Crippen molar-refractivity contribution in [3.05, 3.63) is 29.8 Å². The number of nitrogens with zero attached hydrogens (tertiary/aromatic N) is 1. The van der Waals surface area contributed by atoms with Gasteiger partial charge >= 0.3 is 0 Å². The Kier molecular flexibility index (Phi) is 5.24. The van der Waals surface area contributed by atoms with E-state index in [0.717, 1.165) is 24.8 Å². The highest BCUT2D eigenvalue weighted by molar-refractivity contribution is 7.89. The first-order valence-electron chi connectivity index (χ1n) is 7.71. The summed E-state index contributed by atoms with van der Waals surface area (Å²) in [5.74, 6) is -0.150. The van der Waals surface area contributed by atoms with Gasteiger partial charge in [0.1, 0.15) is 0 Å². The second-order valence-corrected chi connectivity index (χ2v) is 7.75. The molecule has 5 nitrogen and oxygen atoms in total. The van der Waals surface area contributed by atoms with E-state index in [1.165, 1.54) is 6.07 Å². The number of benzene rings is 1. The van der Waals surface area contributed by atoms with E-state index < -0.39 is 16.1 Å². The van der Waals surface area contributed by atoms with Crippen LogP contribution in [0.1, 0.15) is 38.7 Å². The van der Waals surface area contributed by atoms with Crippen LogP contribution < -0.4 is 4.72 Å². The first kappa shape index (κ1) is 17.0. The van der Waals surface area contributed by atoms with Crippen molar-refractivity contribution in [2.24, 2.45) is 0 Å². The van der Waals surface area contributed by atoms with Crippen molar-refractivity contribution in [1.29, 1.82) is 0 Å². The smallest absolute Gasteiger partial charge is 0.241 e. The Morgan fingerprint density at radius 2 is 2.09 bits per heavy atom. The zero-order valence-electron chi connectivity index (χ0n) is 13.4. The van der Waals surface area contributed by atoms with Crippen LogP contribution in [0.4, 0.5) is 0 Å². The Morgan fingerprint density at radius 1 is 1.36 bits per heavy atom. The molecule has 0 spiro atoms. The molecule has 22 heavy (non-hydrogen) atoms. The van der Waals surface area contributed by atoms with Crippen molar-refractivity contribution >= 4 is 15.9 Å². The van der Waals surface area contributed by atoms with Crippen LogP contribution in [0, 0.1) is 6.92 Å². The molecule has 1 aromatic carbocycles. The van der Waals surface area contributed by atoms with E-state index in [-0.39, 0.29) is 16.8 Å². The minimum absolute atomic E-state index is 0.150. The molecule has 122 valence electrons. The van der Waals surface area contributed by atoms with E-state index in [4.69, 9.17) is 0 Å². The minimum atomic E-state index is -3.68. The van der Waals surface area contributed by atoms with E-state index in [1.807, 2.05) is 19.9 Å². The summed E-state index contributed by atoms with van der Waals surface area (Å²) in [6.45, 7) is 6.16. The van der Waals surface area contributed by atoms with Crippen LogP contribution in [0.5, 0.6) is 0 Å². The third-order valence-corrected chi connectivity index (χ3v) is 5.63. The van der Waals surface area contributed by atoms with Gasteiger partial charge in [0.15, 0.2) is 0 Å². The van der Waals surface area contributed by atoms with E-state index >= 15 is 0 Å². The second-order valence-electron chi connectivity index (χ2n) is 6.04. The molecule has 1 N–H and O–H groups in total. The Hall–Kier alpha value is -1.40. The predicted molar refractivity (Wildman–Crippen MR) is 86.0 cm³/mol. The van der Waals surface area contributed by atoms with Gasteiger partial charge in [0, 0.05) is 12.6 Å². The number of carbonyl (C=O) groups is 1. The highest BCUT2D eigenvalue weighted by atomic mass is 32.2. The van der Waals surface area contributed by atoms with Crippen LogP contribution in [-0.2, 0) is 14.8 Å². The molecule has 1 aliphatic heterocycles. The second kappa shape index (κ2) is 6.79.